The molecule has 2 aromatic carbocycles. The van der Waals surface area contributed by atoms with Crippen LogP contribution in [0, 0.1) is 5.41 Å². The Hall–Kier alpha value is -2.37. The Kier molecular flexibility index (Phi) is 4.66. The summed E-state index contributed by atoms with van der Waals surface area (Å²) < 4.78 is 11.5. The van der Waals surface area contributed by atoms with Crippen molar-refractivity contribution in [1.29, 1.82) is 0 Å². The van der Waals surface area contributed by atoms with Crippen LogP contribution in [0.3, 0.4) is 0 Å². The maximum atomic E-state index is 12.6. The summed E-state index contributed by atoms with van der Waals surface area (Å²) >= 11 is 0. The molecule has 2 atom stereocenters. The molecule has 2 aromatic rings. The Labute approximate surface area is 153 Å². The number of fused-ring (bicyclic) bond motifs is 3. The van der Waals surface area contributed by atoms with E-state index in [1.165, 1.54) is 0 Å². The zero-order valence-corrected chi connectivity index (χ0v) is 14.6. The van der Waals surface area contributed by atoms with Crippen LogP contribution in [0.5, 0.6) is 5.75 Å². The maximum Gasteiger partial charge on any atom is 0.248 e. The molecule has 0 saturated carbocycles. The van der Waals surface area contributed by atoms with E-state index in [9.17, 15) is 9.90 Å². The van der Waals surface area contributed by atoms with Crippen molar-refractivity contribution in [3.05, 3.63) is 65.7 Å². The number of carbonyl (C=O) groups excluding carboxylic acids is 1. The van der Waals surface area contributed by atoms with E-state index < -0.39 is 5.41 Å². The second-order valence-electron chi connectivity index (χ2n) is 7.15. The fraction of sp³-hybridized carbons (Fsp3) is 0.381. The molecule has 136 valence electrons. The lowest BCUT2D eigenvalue weighted by Gasteiger charge is -2.37. The molecule has 26 heavy (non-hydrogen) atoms. The maximum absolute atomic E-state index is 12.6. The van der Waals surface area contributed by atoms with Crippen molar-refractivity contribution in [3.63, 3.8) is 0 Å². The molecule has 0 unspecified atom stereocenters. The van der Waals surface area contributed by atoms with E-state index in [1.807, 2.05) is 54.6 Å². The van der Waals surface area contributed by atoms with Gasteiger partial charge in [-0.3, -0.25) is 4.79 Å². The third kappa shape index (κ3) is 3.08. The molecule has 2 heterocycles. The molecule has 2 aliphatic heterocycles. The van der Waals surface area contributed by atoms with Gasteiger partial charge >= 0.3 is 0 Å². The zero-order chi connectivity index (χ0) is 18.0. The summed E-state index contributed by atoms with van der Waals surface area (Å²) in [6.07, 6.45) is 0. The van der Waals surface area contributed by atoms with E-state index in [0.29, 0.717) is 26.3 Å². The summed E-state index contributed by atoms with van der Waals surface area (Å²) in [5.41, 5.74) is 1.70. The topological polar surface area (TPSA) is 59.0 Å². The molecule has 5 heteroatoms. The molecule has 1 saturated heterocycles. The normalized spacial score (nSPS) is 23.9. The molecular formula is C21H23NO4. The second-order valence-corrected chi connectivity index (χ2v) is 7.15. The summed E-state index contributed by atoms with van der Waals surface area (Å²) in [6, 6.07) is 17.7. The molecule has 1 amide bonds. The van der Waals surface area contributed by atoms with Gasteiger partial charge in [0.25, 0.3) is 0 Å². The summed E-state index contributed by atoms with van der Waals surface area (Å²) in [6.45, 7) is 1.98. The van der Waals surface area contributed by atoms with Gasteiger partial charge in [0, 0.05) is 19.0 Å². The fourth-order valence-corrected chi connectivity index (χ4v) is 3.98. The highest BCUT2D eigenvalue weighted by Crippen LogP contribution is 2.49. The van der Waals surface area contributed by atoms with E-state index in [-0.39, 0.29) is 25.0 Å². The molecule has 0 radical (unpaired) electrons. The number of nitrogens with zero attached hydrogens (tertiary/aromatic N) is 1. The summed E-state index contributed by atoms with van der Waals surface area (Å²) in [5.74, 6) is 0.910. The Bertz CT molecular complexity index is 779. The standard InChI is InChI=1S/C21H23NO4/c23-14-21-13-22(20(24)12-25-11-16-6-2-1-3-7-16)10-18(21)17-8-4-5-9-19(17)26-15-21/h1-9,18,23H,10-15H2/t18-,21-/m1/s1. The van der Waals surface area contributed by atoms with Crippen molar-refractivity contribution in [3.8, 4) is 5.75 Å². The molecule has 0 aliphatic carbocycles. The lowest BCUT2D eigenvalue weighted by molar-refractivity contribution is -0.136. The number of hydrogen-bond acceptors (Lipinski definition) is 4. The van der Waals surface area contributed by atoms with Gasteiger partial charge in [-0.2, -0.15) is 0 Å². The summed E-state index contributed by atoms with van der Waals surface area (Å²) in [4.78, 5) is 14.4. The van der Waals surface area contributed by atoms with Gasteiger partial charge in [-0.25, -0.2) is 0 Å². The van der Waals surface area contributed by atoms with Gasteiger partial charge in [0.1, 0.15) is 12.4 Å². The van der Waals surface area contributed by atoms with Crippen LogP contribution in [0.4, 0.5) is 0 Å². The summed E-state index contributed by atoms with van der Waals surface area (Å²) in [7, 11) is 0. The Morgan fingerprint density at radius 3 is 2.77 bits per heavy atom. The number of likely N-dealkylation sites (tertiary alicyclic amines) is 1. The first-order valence-electron chi connectivity index (χ1n) is 8.94. The number of aliphatic hydroxyl groups excluding tert-OH is 1. The molecule has 2 aliphatic rings. The number of aliphatic hydroxyl groups is 1. The minimum Gasteiger partial charge on any atom is -0.493 e. The lowest BCUT2D eigenvalue weighted by Crippen LogP contribution is -2.43. The van der Waals surface area contributed by atoms with E-state index >= 15 is 0 Å². The smallest absolute Gasteiger partial charge is 0.248 e. The third-order valence-electron chi connectivity index (χ3n) is 5.46. The van der Waals surface area contributed by atoms with Gasteiger partial charge < -0.3 is 19.5 Å². The molecule has 5 nitrogen and oxygen atoms in total. The Morgan fingerprint density at radius 2 is 1.96 bits per heavy atom. The van der Waals surface area contributed by atoms with Crippen LogP contribution in [0.25, 0.3) is 0 Å². The quantitative estimate of drug-likeness (QED) is 0.895. The highest BCUT2D eigenvalue weighted by molar-refractivity contribution is 5.78. The number of para-hydroxylation sites is 1. The lowest BCUT2D eigenvalue weighted by atomic mass is 9.74. The van der Waals surface area contributed by atoms with E-state index in [2.05, 4.69) is 0 Å². The van der Waals surface area contributed by atoms with E-state index in [4.69, 9.17) is 9.47 Å². The Morgan fingerprint density at radius 1 is 1.19 bits per heavy atom. The minimum absolute atomic E-state index is 0.000648. The van der Waals surface area contributed by atoms with Gasteiger partial charge in [0.15, 0.2) is 0 Å². The van der Waals surface area contributed by atoms with Crippen LogP contribution >= 0.6 is 0 Å². The van der Waals surface area contributed by atoms with Crippen molar-refractivity contribution in [2.75, 3.05) is 32.9 Å². The van der Waals surface area contributed by atoms with Gasteiger partial charge in [-0.15, -0.1) is 0 Å². The first-order valence-corrected chi connectivity index (χ1v) is 8.94. The highest BCUT2D eigenvalue weighted by Gasteiger charge is 2.51. The average molecular weight is 353 g/mol. The molecule has 4 rings (SSSR count). The fourth-order valence-electron chi connectivity index (χ4n) is 3.98. The molecule has 0 spiro atoms. The van der Waals surface area contributed by atoms with E-state index in [0.717, 1.165) is 16.9 Å². The number of rotatable bonds is 5. The van der Waals surface area contributed by atoms with Crippen molar-refractivity contribution in [2.45, 2.75) is 12.5 Å². The van der Waals surface area contributed by atoms with Crippen molar-refractivity contribution in [1.82, 2.24) is 4.90 Å². The van der Waals surface area contributed by atoms with Crippen LogP contribution in [0.2, 0.25) is 0 Å². The van der Waals surface area contributed by atoms with Gasteiger partial charge in [0.2, 0.25) is 5.91 Å². The van der Waals surface area contributed by atoms with Gasteiger partial charge in [-0.1, -0.05) is 48.5 Å². The number of hydrogen-bond donors (Lipinski definition) is 1. The Balaban J connectivity index is 1.42. The predicted molar refractivity (Wildman–Crippen MR) is 96.9 cm³/mol. The largest absolute Gasteiger partial charge is 0.493 e. The summed E-state index contributed by atoms with van der Waals surface area (Å²) in [5, 5.41) is 10.1. The zero-order valence-electron chi connectivity index (χ0n) is 14.6. The molecular weight excluding hydrogens is 330 g/mol. The van der Waals surface area contributed by atoms with Crippen LogP contribution in [-0.4, -0.2) is 48.8 Å². The first-order chi connectivity index (χ1) is 12.7. The third-order valence-corrected chi connectivity index (χ3v) is 5.46. The number of amides is 1. The predicted octanol–water partition coefficient (Wildman–Crippen LogP) is 2.20. The number of benzene rings is 2. The molecule has 0 bridgehead atoms. The van der Waals surface area contributed by atoms with Crippen LogP contribution in [-0.2, 0) is 16.1 Å². The van der Waals surface area contributed by atoms with Gasteiger partial charge in [0.05, 0.1) is 25.2 Å². The number of ether oxygens (including phenoxy) is 2. The number of carbonyl (C=O) groups is 1. The highest BCUT2D eigenvalue weighted by atomic mass is 16.5. The monoisotopic (exact) mass is 353 g/mol. The average Bonchev–Trinajstić information content (AvgIpc) is 3.10. The van der Waals surface area contributed by atoms with Crippen molar-refractivity contribution >= 4 is 5.91 Å². The van der Waals surface area contributed by atoms with E-state index in [1.54, 1.807) is 4.90 Å². The minimum atomic E-state index is -0.427. The first kappa shape index (κ1) is 17.1. The second kappa shape index (κ2) is 7.09. The molecule has 1 N–H and O–H groups in total. The van der Waals surface area contributed by atoms with Crippen molar-refractivity contribution < 1.29 is 19.4 Å². The van der Waals surface area contributed by atoms with Crippen LogP contribution < -0.4 is 4.74 Å². The van der Waals surface area contributed by atoms with Crippen molar-refractivity contribution in [2.24, 2.45) is 5.41 Å². The SMILES string of the molecule is O=C(COCc1ccccc1)N1C[C@@H]2c3ccccc3OC[C@]2(CO)C1. The molecule has 1 fully saturated rings. The van der Waals surface area contributed by atoms with Gasteiger partial charge in [-0.05, 0) is 17.2 Å². The molecule has 0 aromatic heterocycles. The van der Waals surface area contributed by atoms with Crippen LogP contribution in [0.1, 0.15) is 17.0 Å². The van der Waals surface area contributed by atoms with Crippen LogP contribution in [0.15, 0.2) is 54.6 Å².